The number of imidazole rings is 1. The molecule has 0 radical (unpaired) electrons. The van der Waals surface area contributed by atoms with Gasteiger partial charge in [-0.25, -0.2) is 4.98 Å². The van der Waals surface area contributed by atoms with Crippen molar-refractivity contribution in [3.05, 3.63) is 35.1 Å². The average molecular weight is 350 g/mol. The Morgan fingerprint density at radius 2 is 2.15 bits per heavy atom. The van der Waals surface area contributed by atoms with Crippen LogP contribution in [0.4, 0.5) is 19.1 Å². The van der Waals surface area contributed by atoms with E-state index in [4.69, 9.17) is 0 Å². The monoisotopic (exact) mass is 349 g/mol. The van der Waals surface area contributed by atoms with Crippen molar-refractivity contribution in [3.63, 3.8) is 0 Å². The van der Waals surface area contributed by atoms with Crippen LogP contribution in [-0.2, 0) is 0 Å². The molecule has 0 fully saturated rings. The van der Waals surface area contributed by atoms with Gasteiger partial charge in [0.2, 0.25) is 5.95 Å². The molecule has 0 saturated heterocycles. The molecule has 2 rings (SSSR count). The van der Waals surface area contributed by atoms with E-state index in [9.17, 15) is 13.2 Å². The number of rotatable bonds is 4. The highest BCUT2D eigenvalue weighted by atomic mass is 79.9. The van der Waals surface area contributed by atoms with Crippen molar-refractivity contribution >= 4 is 21.9 Å². The molecule has 4 nitrogen and oxygen atoms in total. The summed E-state index contributed by atoms with van der Waals surface area (Å²) in [6.07, 6.45) is -1.40. The molecule has 0 saturated carbocycles. The quantitative estimate of drug-likeness (QED) is 0.907. The second kappa shape index (κ2) is 5.74. The summed E-state index contributed by atoms with van der Waals surface area (Å²) in [5.74, 6) is 0.329. The summed E-state index contributed by atoms with van der Waals surface area (Å²) in [6, 6.07) is 4.31. The van der Waals surface area contributed by atoms with E-state index in [1.54, 1.807) is 17.0 Å². The van der Waals surface area contributed by atoms with Crippen molar-refractivity contribution in [2.45, 2.75) is 13.3 Å². The Labute approximate surface area is 121 Å². The lowest BCUT2D eigenvalue weighted by Crippen LogP contribution is -2.17. The lowest BCUT2D eigenvalue weighted by molar-refractivity contribution is -0.274. The number of hydrogen-bond donors (Lipinski definition) is 1. The third-order valence-electron chi connectivity index (χ3n) is 2.39. The van der Waals surface area contributed by atoms with Gasteiger partial charge in [-0.05, 0) is 41.1 Å². The van der Waals surface area contributed by atoms with Gasteiger partial charge in [0, 0.05) is 24.6 Å². The molecule has 0 aliphatic carbocycles. The number of halogens is 4. The second-order valence-electron chi connectivity index (χ2n) is 3.81. The van der Waals surface area contributed by atoms with Crippen molar-refractivity contribution < 1.29 is 17.9 Å². The Morgan fingerprint density at radius 1 is 1.40 bits per heavy atom. The van der Waals surface area contributed by atoms with Crippen LogP contribution in [0.1, 0.15) is 6.92 Å². The van der Waals surface area contributed by atoms with E-state index in [1.807, 2.05) is 6.92 Å². The van der Waals surface area contributed by atoms with Crippen LogP contribution in [0.25, 0.3) is 5.69 Å². The standard InChI is InChI=1S/C12H11BrF3N3O/c1-2-17-11-18-5-6-19(11)8-3-4-10(9(13)7-8)20-12(14,15)16/h3-7H,2H2,1H3,(H,17,18). The number of ether oxygens (including phenoxy) is 1. The highest BCUT2D eigenvalue weighted by Gasteiger charge is 2.32. The van der Waals surface area contributed by atoms with E-state index in [2.05, 4.69) is 31.0 Å². The largest absolute Gasteiger partial charge is 0.573 e. The van der Waals surface area contributed by atoms with Gasteiger partial charge in [-0.15, -0.1) is 13.2 Å². The second-order valence-corrected chi connectivity index (χ2v) is 4.67. The Hall–Kier alpha value is -1.70. The molecule has 108 valence electrons. The zero-order valence-corrected chi connectivity index (χ0v) is 12.0. The van der Waals surface area contributed by atoms with Crippen molar-refractivity contribution in [3.8, 4) is 11.4 Å². The van der Waals surface area contributed by atoms with Gasteiger partial charge in [-0.1, -0.05) is 0 Å². The Kier molecular flexibility index (Phi) is 4.22. The highest BCUT2D eigenvalue weighted by Crippen LogP contribution is 2.32. The minimum absolute atomic E-state index is 0.212. The third-order valence-corrected chi connectivity index (χ3v) is 3.01. The summed E-state index contributed by atoms with van der Waals surface area (Å²) in [5.41, 5.74) is 0.667. The molecule has 1 aromatic heterocycles. The smallest absolute Gasteiger partial charge is 0.405 e. The van der Waals surface area contributed by atoms with Gasteiger partial charge < -0.3 is 10.1 Å². The number of benzene rings is 1. The van der Waals surface area contributed by atoms with Crippen LogP contribution >= 0.6 is 15.9 Å². The Balaban J connectivity index is 2.31. The van der Waals surface area contributed by atoms with Gasteiger partial charge in [0.25, 0.3) is 0 Å². The van der Waals surface area contributed by atoms with Crippen molar-refractivity contribution in [1.82, 2.24) is 9.55 Å². The van der Waals surface area contributed by atoms with Crippen molar-refractivity contribution in [2.75, 3.05) is 11.9 Å². The van der Waals surface area contributed by atoms with Crippen LogP contribution in [0, 0.1) is 0 Å². The first-order valence-electron chi connectivity index (χ1n) is 5.73. The first-order valence-corrected chi connectivity index (χ1v) is 6.53. The molecule has 0 spiro atoms. The summed E-state index contributed by atoms with van der Waals surface area (Å²) < 4.78 is 42.4. The van der Waals surface area contributed by atoms with Crippen LogP contribution in [0.15, 0.2) is 35.1 Å². The number of hydrogen-bond acceptors (Lipinski definition) is 3. The van der Waals surface area contributed by atoms with Gasteiger partial charge in [0.15, 0.2) is 0 Å². The molecular weight excluding hydrogens is 339 g/mol. The molecule has 0 bridgehead atoms. The SMILES string of the molecule is CCNc1nccn1-c1ccc(OC(F)(F)F)c(Br)c1. The maximum absolute atomic E-state index is 12.2. The zero-order valence-electron chi connectivity index (χ0n) is 10.4. The Bertz CT molecular complexity index is 598. The van der Waals surface area contributed by atoms with E-state index in [1.165, 1.54) is 18.2 Å². The van der Waals surface area contributed by atoms with Crippen molar-refractivity contribution in [2.24, 2.45) is 0 Å². The maximum atomic E-state index is 12.2. The molecule has 2 aromatic rings. The van der Waals surface area contributed by atoms with Crippen LogP contribution in [0.5, 0.6) is 5.75 Å². The van der Waals surface area contributed by atoms with E-state index in [-0.39, 0.29) is 10.2 Å². The van der Waals surface area contributed by atoms with Crippen LogP contribution in [0.3, 0.4) is 0 Å². The minimum Gasteiger partial charge on any atom is -0.405 e. The highest BCUT2D eigenvalue weighted by molar-refractivity contribution is 9.10. The van der Waals surface area contributed by atoms with E-state index >= 15 is 0 Å². The van der Waals surface area contributed by atoms with E-state index in [0.717, 1.165) is 0 Å². The number of aromatic nitrogens is 2. The molecule has 0 aliphatic heterocycles. The average Bonchev–Trinajstić information content (AvgIpc) is 2.79. The molecule has 0 amide bonds. The molecule has 0 unspecified atom stereocenters. The predicted molar refractivity (Wildman–Crippen MR) is 72.1 cm³/mol. The Morgan fingerprint density at radius 3 is 2.75 bits per heavy atom. The molecular formula is C12H11BrF3N3O. The third kappa shape index (κ3) is 3.44. The molecule has 20 heavy (non-hydrogen) atoms. The summed E-state index contributed by atoms with van der Waals surface area (Å²) in [6.45, 7) is 2.61. The molecule has 0 atom stereocenters. The first-order chi connectivity index (χ1) is 9.40. The topological polar surface area (TPSA) is 39.1 Å². The van der Waals surface area contributed by atoms with Crippen LogP contribution < -0.4 is 10.1 Å². The molecule has 8 heteroatoms. The summed E-state index contributed by atoms with van der Waals surface area (Å²) in [5, 5.41) is 3.05. The van der Waals surface area contributed by atoms with Gasteiger partial charge >= 0.3 is 6.36 Å². The van der Waals surface area contributed by atoms with Crippen LogP contribution in [-0.4, -0.2) is 22.5 Å². The van der Waals surface area contributed by atoms with Gasteiger partial charge in [-0.2, -0.15) is 0 Å². The maximum Gasteiger partial charge on any atom is 0.573 e. The van der Waals surface area contributed by atoms with Gasteiger partial charge in [0.1, 0.15) is 5.75 Å². The van der Waals surface area contributed by atoms with Crippen molar-refractivity contribution in [1.29, 1.82) is 0 Å². The normalized spacial score (nSPS) is 11.4. The lowest BCUT2D eigenvalue weighted by Gasteiger charge is -2.13. The lowest BCUT2D eigenvalue weighted by atomic mass is 10.3. The fourth-order valence-corrected chi connectivity index (χ4v) is 2.10. The summed E-state index contributed by atoms with van der Waals surface area (Å²) in [4.78, 5) is 4.12. The summed E-state index contributed by atoms with van der Waals surface area (Å²) >= 11 is 3.07. The molecule has 0 aliphatic rings. The van der Waals surface area contributed by atoms with E-state index < -0.39 is 6.36 Å². The van der Waals surface area contributed by atoms with Crippen LogP contribution in [0.2, 0.25) is 0 Å². The fraction of sp³-hybridized carbons (Fsp3) is 0.250. The number of alkyl halides is 3. The van der Waals surface area contributed by atoms with E-state index in [0.29, 0.717) is 18.2 Å². The first kappa shape index (κ1) is 14.7. The van der Waals surface area contributed by atoms with Gasteiger partial charge in [-0.3, -0.25) is 4.57 Å². The fourth-order valence-electron chi connectivity index (χ4n) is 1.65. The predicted octanol–water partition coefficient (Wildman–Crippen LogP) is 3.97. The number of anilines is 1. The molecule has 1 aromatic carbocycles. The number of nitrogens with one attached hydrogen (secondary N) is 1. The number of nitrogens with zero attached hydrogens (tertiary/aromatic N) is 2. The summed E-state index contributed by atoms with van der Waals surface area (Å²) in [7, 11) is 0. The zero-order chi connectivity index (χ0) is 14.8. The molecule has 1 N–H and O–H groups in total. The van der Waals surface area contributed by atoms with Gasteiger partial charge in [0.05, 0.1) is 4.47 Å². The molecule has 1 heterocycles. The minimum atomic E-state index is -4.71.